The van der Waals surface area contributed by atoms with Crippen LogP contribution >= 0.6 is 11.3 Å². The minimum atomic E-state index is -0.192. The van der Waals surface area contributed by atoms with Gasteiger partial charge in [0.1, 0.15) is 5.69 Å². The summed E-state index contributed by atoms with van der Waals surface area (Å²) >= 11 is 1.25. The van der Waals surface area contributed by atoms with Crippen molar-refractivity contribution in [3.63, 3.8) is 0 Å². The molecule has 3 heterocycles. The van der Waals surface area contributed by atoms with Crippen molar-refractivity contribution in [1.29, 1.82) is 0 Å². The number of hydrogen-bond donors (Lipinski definition) is 1. The Hall–Kier alpha value is -2.94. The van der Waals surface area contributed by atoms with Gasteiger partial charge >= 0.3 is 0 Å². The Bertz CT molecular complexity index is 966. The molecule has 8 nitrogen and oxygen atoms in total. The molecule has 1 N–H and O–H groups in total. The van der Waals surface area contributed by atoms with E-state index in [9.17, 15) is 4.79 Å². The maximum atomic E-state index is 12.2. The molecule has 0 saturated heterocycles. The molecule has 1 aliphatic heterocycles. The lowest BCUT2D eigenvalue weighted by molar-refractivity contribution is 0.0951. The van der Waals surface area contributed by atoms with Gasteiger partial charge in [0.25, 0.3) is 11.8 Å². The van der Waals surface area contributed by atoms with Gasteiger partial charge in [0.15, 0.2) is 16.5 Å². The van der Waals surface area contributed by atoms with Gasteiger partial charge in [-0.25, -0.2) is 4.98 Å². The topological polar surface area (TPSA) is 99.4 Å². The summed E-state index contributed by atoms with van der Waals surface area (Å²) in [6.45, 7) is 5.05. The van der Waals surface area contributed by atoms with E-state index in [2.05, 4.69) is 34.3 Å². The third-order valence-electron chi connectivity index (χ3n) is 3.98. The molecule has 2 aromatic heterocycles. The Balaban J connectivity index is 1.47. The van der Waals surface area contributed by atoms with Crippen LogP contribution in [-0.4, -0.2) is 34.4 Å². The van der Waals surface area contributed by atoms with Gasteiger partial charge in [0.2, 0.25) is 12.6 Å². The molecule has 0 aliphatic carbocycles. The average Bonchev–Trinajstić information content (AvgIpc) is 3.39. The summed E-state index contributed by atoms with van der Waals surface area (Å²) in [6.07, 6.45) is 0.923. The summed E-state index contributed by atoms with van der Waals surface area (Å²) in [4.78, 5) is 20.8. The van der Waals surface area contributed by atoms with Crippen LogP contribution in [0, 0.1) is 5.92 Å². The zero-order valence-corrected chi connectivity index (χ0v) is 15.7. The van der Waals surface area contributed by atoms with Crippen LogP contribution in [0.4, 0.5) is 0 Å². The Labute approximate surface area is 159 Å². The molecule has 0 bridgehead atoms. The molecule has 0 radical (unpaired) electrons. The minimum absolute atomic E-state index is 0.192. The van der Waals surface area contributed by atoms with Gasteiger partial charge in [-0.2, -0.15) is 4.98 Å². The molecule has 1 amide bonds. The molecule has 0 spiro atoms. The van der Waals surface area contributed by atoms with Crippen LogP contribution in [0.2, 0.25) is 0 Å². The first kappa shape index (κ1) is 17.5. The van der Waals surface area contributed by atoms with Crippen LogP contribution in [0.15, 0.2) is 28.1 Å². The second kappa shape index (κ2) is 7.36. The number of carbonyl (C=O) groups excluding carboxylic acids is 1. The van der Waals surface area contributed by atoms with E-state index in [1.807, 2.05) is 6.07 Å². The lowest BCUT2D eigenvalue weighted by Gasteiger charge is -2.04. The molecule has 1 aromatic carbocycles. The fourth-order valence-electron chi connectivity index (χ4n) is 2.51. The molecule has 1 aliphatic rings. The third kappa shape index (κ3) is 3.77. The molecule has 0 saturated carbocycles. The number of rotatable bonds is 6. The second-order valence-electron chi connectivity index (χ2n) is 6.47. The summed E-state index contributed by atoms with van der Waals surface area (Å²) < 4.78 is 16.0. The van der Waals surface area contributed by atoms with E-state index in [0.717, 1.165) is 12.0 Å². The van der Waals surface area contributed by atoms with Gasteiger partial charge in [0, 0.05) is 17.5 Å². The molecule has 3 aromatic rings. The largest absolute Gasteiger partial charge is 0.454 e. The van der Waals surface area contributed by atoms with Crippen molar-refractivity contribution in [2.75, 3.05) is 13.3 Å². The molecule has 0 atom stereocenters. The molecule has 0 unspecified atom stereocenters. The van der Waals surface area contributed by atoms with Crippen LogP contribution in [0.1, 0.15) is 30.1 Å². The number of nitrogens with zero attached hydrogens (tertiary/aromatic N) is 3. The lowest BCUT2D eigenvalue weighted by atomic mass is 10.1. The van der Waals surface area contributed by atoms with Crippen molar-refractivity contribution >= 4 is 17.2 Å². The maximum absolute atomic E-state index is 12.2. The average molecular weight is 386 g/mol. The van der Waals surface area contributed by atoms with Crippen LogP contribution in [0.3, 0.4) is 0 Å². The Morgan fingerprint density at radius 2 is 2.11 bits per heavy atom. The van der Waals surface area contributed by atoms with Gasteiger partial charge in [-0.3, -0.25) is 4.79 Å². The third-order valence-corrected chi connectivity index (χ3v) is 4.82. The summed E-state index contributed by atoms with van der Waals surface area (Å²) in [5, 5.41) is 8.96. The van der Waals surface area contributed by atoms with Crippen LogP contribution in [0.5, 0.6) is 11.5 Å². The van der Waals surface area contributed by atoms with E-state index >= 15 is 0 Å². The first-order chi connectivity index (χ1) is 13.1. The van der Waals surface area contributed by atoms with E-state index in [0.29, 0.717) is 40.5 Å². The highest BCUT2D eigenvalue weighted by molar-refractivity contribution is 7.12. The van der Waals surface area contributed by atoms with Gasteiger partial charge in [-0.05, 0) is 30.5 Å². The van der Waals surface area contributed by atoms with Crippen molar-refractivity contribution in [2.24, 2.45) is 5.92 Å². The number of thiazole rings is 1. The van der Waals surface area contributed by atoms with E-state index in [-0.39, 0.29) is 18.6 Å². The molecule has 140 valence electrons. The van der Waals surface area contributed by atoms with Crippen molar-refractivity contribution in [2.45, 2.75) is 20.3 Å². The summed E-state index contributed by atoms with van der Waals surface area (Å²) in [7, 11) is 0. The van der Waals surface area contributed by atoms with Gasteiger partial charge in [0.05, 0.1) is 0 Å². The molecule has 0 fully saturated rings. The zero-order chi connectivity index (χ0) is 18.8. The Morgan fingerprint density at radius 3 is 2.96 bits per heavy atom. The fourth-order valence-corrected chi connectivity index (χ4v) is 3.21. The first-order valence-electron chi connectivity index (χ1n) is 8.58. The number of benzene rings is 1. The molecule has 9 heteroatoms. The number of aromatic nitrogens is 3. The highest BCUT2D eigenvalue weighted by atomic mass is 32.1. The smallest absolute Gasteiger partial charge is 0.280 e. The van der Waals surface area contributed by atoms with Gasteiger partial charge in [-0.1, -0.05) is 19.0 Å². The number of amides is 1. The molecular formula is C18H18N4O4S. The quantitative estimate of drug-likeness (QED) is 0.693. The van der Waals surface area contributed by atoms with Gasteiger partial charge in [-0.15, -0.1) is 11.3 Å². The normalized spacial score (nSPS) is 12.6. The molecular weight excluding hydrogens is 368 g/mol. The Morgan fingerprint density at radius 1 is 1.26 bits per heavy atom. The van der Waals surface area contributed by atoms with E-state index < -0.39 is 0 Å². The predicted molar refractivity (Wildman–Crippen MR) is 98.8 cm³/mol. The predicted octanol–water partition coefficient (Wildman–Crippen LogP) is 3.36. The standard InChI is InChI=1S/C18H18N4O4S/c1-10(2)5-6-19-16(23)18-20-12(8-27-18)17-21-15(22-26-17)11-3-4-13-14(7-11)25-9-24-13/h3-4,7-8,10H,5-6,9H2,1-2H3,(H,19,23). The van der Waals surface area contributed by atoms with E-state index in [1.165, 1.54) is 11.3 Å². The number of carbonyl (C=O) groups is 1. The molecule has 27 heavy (non-hydrogen) atoms. The molecule has 4 rings (SSSR count). The number of hydrogen-bond acceptors (Lipinski definition) is 8. The van der Waals surface area contributed by atoms with Crippen molar-refractivity contribution < 1.29 is 18.8 Å². The van der Waals surface area contributed by atoms with Crippen molar-refractivity contribution in [3.8, 4) is 34.5 Å². The highest BCUT2D eigenvalue weighted by Crippen LogP contribution is 2.35. The minimum Gasteiger partial charge on any atom is -0.454 e. The van der Waals surface area contributed by atoms with Gasteiger partial charge < -0.3 is 19.3 Å². The number of ether oxygens (including phenoxy) is 2. The monoisotopic (exact) mass is 386 g/mol. The maximum Gasteiger partial charge on any atom is 0.280 e. The zero-order valence-electron chi connectivity index (χ0n) is 14.9. The van der Waals surface area contributed by atoms with E-state index in [4.69, 9.17) is 14.0 Å². The lowest BCUT2D eigenvalue weighted by Crippen LogP contribution is -2.25. The van der Waals surface area contributed by atoms with Crippen LogP contribution < -0.4 is 14.8 Å². The summed E-state index contributed by atoms with van der Waals surface area (Å²) in [6, 6.07) is 5.43. The SMILES string of the molecule is CC(C)CCNC(=O)c1nc(-c2nc(-c3ccc4c(c3)OCO4)no2)cs1. The summed E-state index contributed by atoms with van der Waals surface area (Å²) in [5.74, 6) is 2.36. The number of fused-ring (bicyclic) bond motifs is 1. The number of nitrogens with one attached hydrogen (secondary N) is 1. The first-order valence-corrected chi connectivity index (χ1v) is 9.46. The summed E-state index contributed by atoms with van der Waals surface area (Å²) in [5.41, 5.74) is 1.23. The fraction of sp³-hybridized carbons (Fsp3) is 0.333. The van der Waals surface area contributed by atoms with Crippen molar-refractivity contribution in [3.05, 3.63) is 28.6 Å². The van der Waals surface area contributed by atoms with Crippen molar-refractivity contribution in [1.82, 2.24) is 20.4 Å². The highest BCUT2D eigenvalue weighted by Gasteiger charge is 2.19. The second-order valence-corrected chi connectivity index (χ2v) is 7.33. The van der Waals surface area contributed by atoms with Crippen LogP contribution in [-0.2, 0) is 0 Å². The Kier molecular flexibility index (Phi) is 4.76. The van der Waals surface area contributed by atoms with E-state index in [1.54, 1.807) is 17.5 Å². The van der Waals surface area contributed by atoms with Crippen LogP contribution in [0.25, 0.3) is 23.0 Å².